The minimum Gasteiger partial charge on any atom is -0.465 e. The number of hydrogen-bond acceptors (Lipinski definition) is 5. The van der Waals surface area contributed by atoms with Gasteiger partial charge in [-0.3, -0.25) is 4.79 Å². The zero-order valence-corrected chi connectivity index (χ0v) is 11.0. The van der Waals surface area contributed by atoms with Crippen LogP contribution in [0.4, 0.5) is 0 Å². The van der Waals surface area contributed by atoms with E-state index in [1.54, 1.807) is 18.8 Å². The summed E-state index contributed by atoms with van der Waals surface area (Å²) >= 11 is 1.79. The fraction of sp³-hybridized carbons (Fsp3) is 0.909. The molecule has 94 valence electrons. The van der Waals surface area contributed by atoms with Crippen LogP contribution in [0.5, 0.6) is 0 Å². The van der Waals surface area contributed by atoms with Crippen LogP contribution in [0.3, 0.4) is 0 Å². The highest BCUT2D eigenvalue weighted by Gasteiger charge is 2.27. The van der Waals surface area contributed by atoms with Gasteiger partial charge in [0.25, 0.3) is 0 Å². The van der Waals surface area contributed by atoms with Gasteiger partial charge in [0.05, 0.1) is 12.7 Å². The average molecular weight is 247 g/mol. The number of nitrogens with one attached hydrogen (secondary N) is 1. The van der Waals surface area contributed by atoms with Crippen molar-refractivity contribution in [2.45, 2.75) is 37.7 Å². The van der Waals surface area contributed by atoms with Crippen molar-refractivity contribution in [3.8, 4) is 0 Å². The zero-order valence-electron chi connectivity index (χ0n) is 10.2. The summed E-state index contributed by atoms with van der Waals surface area (Å²) in [7, 11) is 1.79. The first-order valence-corrected chi connectivity index (χ1v) is 6.81. The molecule has 1 aliphatic rings. The normalized spacial score (nSPS) is 26.7. The lowest BCUT2D eigenvalue weighted by molar-refractivity contribution is -0.144. The average Bonchev–Trinajstić information content (AvgIpc) is 2.66. The minimum absolute atomic E-state index is 0.163. The molecule has 1 aliphatic heterocycles. The van der Waals surface area contributed by atoms with Crippen LogP contribution >= 0.6 is 11.8 Å². The molecule has 0 bridgehead atoms. The van der Waals surface area contributed by atoms with Gasteiger partial charge in [-0.1, -0.05) is 0 Å². The number of likely N-dealkylation sites (N-methyl/N-ethyl adjacent to an activating group) is 1. The Bertz CT molecular complexity index is 225. The molecule has 1 N–H and O–H groups in total. The summed E-state index contributed by atoms with van der Waals surface area (Å²) in [6.45, 7) is 5.18. The Kier molecular flexibility index (Phi) is 6.16. The number of ether oxygens (including phenoxy) is 2. The highest BCUT2D eigenvalue weighted by Crippen LogP contribution is 2.26. The van der Waals surface area contributed by atoms with Crippen molar-refractivity contribution in [3.63, 3.8) is 0 Å². The van der Waals surface area contributed by atoms with Crippen molar-refractivity contribution in [3.05, 3.63) is 0 Å². The maximum absolute atomic E-state index is 11.5. The highest BCUT2D eigenvalue weighted by molar-refractivity contribution is 8.00. The largest absolute Gasteiger partial charge is 0.465 e. The quantitative estimate of drug-likeness (QED) is 0.711. The van der Waals surface area contributed by atoms with Crippen molar-refractivity contribution >= 4 is 17.7 Å². The molecule has 1 fully saturated rings. The molecule has 0 aromatic heterocycles. The van der Waals surface area contributed by atoms with E-state index in [4.69, 9.17) is 9.47 Å². The fourth-order valence-electron chi connectivity index (χ4n) is 1.66. The number of carbonyl (C=O) groups is 1. The molecule has 4 nitrogen and oxygen atoms in total. The molecule has 0 aromatic rings. The number of thioether (sulfide) groups is 1. The van der Waals surface area contributed by atoms with Gasteiger partial charge in [-0.2, -0.15) is 11.8 Å². The second kappa shape index (κ2) is 7.14. The molecule has 0 aromatic carbocycles. The van der Waals surface area contributed by atoms with E-state index in [0.717, 1.165) is 18.8 Å². The van der Waals surface area contributed by atoms with E-state index < -0.39 is 0 Å². The van der Waals surface area contributed by atoms with Crippen LogP contribution in [0.15, 0.2) is 0 Å². The predicted molar refractivity (Wildman–Crippen MR) is 65.8 cm³/mol. The van der Waals surface area contributed by atoms with Crippen LogP contribution in [0.1, 0.15) is 20.3 Å². The van der Waals surface area contributed by atoms with Gasteiger partial charge < -0.3 is 14.8 Å². The third kappa shape index (κ3) is 3.96. The summed E-state index contributed by atoms with van der Waals surface area (Å²) in [6.07, 6.45) is 1.37. The Morgan fingerprint density at radius 1 is 1.69 bits per heavy atom. The van der Waals surface area contributed by atoms with E-state index in [2.05, 4.69) is 12.2 Å². The fourth-order valence-corrected chi connectivity index (χ4v) is 3.02. The molecule has 16 heavy (non-hydrogen) atoms. The van der Waals surface area contributed by atoms with E-state index in [1.807, 2.05) is 6.92 Å². The van der Waals surface area contributed by atoms with Gasteiger partial charge in [0.1, 0.15) is 6.04 Å². The predicted octanol–water partition coefficient (Wildman–Crippen LogP) is 1.05. The molecular weight excluding hydrogens is 226 g/mol. The van der Waals surface area contributed by atoms with Gasteiger partial charge in [0.15, 0.2) is 0 Å². The molecule has 3 atom stereocenters. The van der Waals surface area contributed by atoms with Crippen molar-refractivity contribution < 1.29 is 14.3 Å². The number of carbonyl (C=O) groups excluding carboxylic acids is 1. The van der Waals surface area contributed by atoms with Crippen LogP contribution in [0.2, 0.25) is 0 Å². The van der Waals surface area contributed by atoms with E-state index in [-0.39, 0.29) is 12.0 Å². The molecule has 0 saturated carbocycles. The number of esters is 1. The maximum Gasteiger partial charge on any atom is 0.323 e. The smallest absolute Gasteiger partial charge is 0.323 e. The van der Waals surface area contributed by atoms with Crippen LogP contribution in [0, 0.1) is 0 Å². The maximum atomic E-state index is 11.5. The Morgan fingerprint density at radius 2 is 2.44 bits per heavy atom. The molecule has 1 heterocycles. The summed E-state index contributed by atoms with van der Waals surface area (Å²) in [4.78, 5) is 11.5. The highest BCUT2D eigenvalue weighted by atomic mass is 32.2. The van der Waals surface area contributed by atoms with Crippen molar-refractivity contribution in [2.24, 2.45) is 0 Å². The first-order valence-electron chi connectivity index (χ1n) is 5.76. The van der Waals surface area contributed by atoms with Gasteiger partial charge in [-0.15, -0.1) is 0 Å². The molecule has 0 aliphatic carbocycles. The molecule has 1 rings (SSSR count). The lowest BCUT2D eigenvalue weighted by Gasteiger charge is -2.18. The van der Waals surface area contributed by atoms with Crippen molar-refractivity contribution in [2.75, 3.05) is 26.0 Å². The summed E-state index contributed by atoms with van der Waals surface area (Å²) < 4.78 is 10.5. The summed E-state index contributed by atoms with van der Waals surface area (Å²) in [5, 5.41) is 3.49. The molecular formula is C11H21NO3S. The SMILES string of the molecule is CCOC(=O)C(CSC1CCOC1C)NC. The van der Waals surface area contributed by atoms with Gasteiger partial charge in [-0.25, -0.2) is 0 Å². The Balaban J connectivity index is 2.30. The van der Waals surface area contributed by atoms with E-state index in [9.17, 15) is 4.79 Å². The molecule has 1 saturated heterocycles. The second-order valence-electron chi connectivity index (χ2n) is 3.83. The minimum atomic E-state index is -0.210. The first-order chi connectivity index (χ1) is 7.69. The third-order valence-corrected chi connectivity index (χ3v) is 4.28. The van der Waals surface area contributed by atoms with Gasteiger partial charge in [0.2, 0.25) is 0 Å². The number of rotatable bonds is 6. The lowest BCUT2D eigenvalue weighted by Crippen LogP contribution is -2.38. The second-order valence-corrected chi connectivity index (χ2v) is 5.10. The first kappa shape index (κ1) is 13.8. The lowest BCUT2D eigenvalue weighted by atomic mass is 10.3. The van der Waals surface area contributed by atoms with Crippen molar-refractivity contribution in [1.82, 2.24) is 5.32 Å². The van der Waals surface area contributed by atoms with E-state index >= 15 is 0 Å². The van der Waals surface area contributed by atoms with E-state index in [1.165, 1.54) is 0 Å². The van der Waals surface area contributed by atoms with Gasteiger partial charge in [-0.05, 0) is 27.3 Å². The Hall–Kier alpha value is -0.260. The zero-order chi connectivity index (χ0) is 12.0. The molecule has 0 spiro atoms. The topological polar surface area (TPSA) is 47.6 Å². The third-order valence-electron chi connectivity index (χ3n) is 2.70. The van der Waals surface area contributed by atoms with Crippen LogP contribution < -0.4 is 5.32 Å². The Labute approximate surface area is 101 Å². The van der Waals surface area contributed by atoms with Gasteiger partial charge >= 0.3 is 5.97 Å². The molecule has 0 radical (unpaired) electrons. The summed E-state index contributed by atoms with van der Waals surface area (Å²) in [5.41, 5.74) is 0. The van der Waals surface area contributed by atoms with Crippen LogP contribution in [0.25, 0.3) is 0 Å². The van der Waals surface area contributed by atoms with Crippen molar-refractivity contribution in [1.29, 1.82) is 0 Å². The monoisotopic (exact) mass is 247 g/mol. The molecule has 5 heteroatoms. The van der Waals surface area contributed by atoms with Crippen LogP contribution in [-0.2, 0) is 14.3 Å². The van der Waals surface area contributed by atoms with Crippen LogP contribution in [-0.4, -0.2) is 49.4 Å². The Morgan fingerprint density at radius 3 is 2.94 bits per heavy atom. The molecule has 3 unspecified atom stereocenters. The summed E-state index contributed by atoms with van der Waals surface area (Å²) in [6, 6.07) is -0.210. The molecule has 0 amide bonds. The number of hydrogen-bond donors (Lipinski definition) is 1. The van der Waals surface area contributed by atoms with Gasteiger partial charge in [0, 0.05) is 17.6 Å². The van der Waals surface area contributed by atoms with E-state index in [0.29, 0.717) is 18.0 Å². The summed E-state index contributed by atoms with van der Waals surface area (Å²) in [5.74, 6) is 0.581. The standard InChI is InChI=1S/C11H21NO3S/c1-4-14-11(13)9(12-3)7-16-10-5-6-15-8(10)2/h8-10,12H,4-7H2,1-3H3.